The van der Waals surface area contributed by atoms with Crippen molar-refractivity contribution in [1.29, 1.82) is 0 Å². The molecule has 1 aliphatic rings. The third kappa shape index (κ3) is 3.91. The van der Waals surface area contributed by atoms with Gasteiger partial charge in [0, 0.05) is 38.6 Å². The van der Waals surface area contributed by atoms with Crippen molar-refractivity contribution in [1.82, 2.24) is 20.4 Å². The largest absolute Gasteiger partial charge is 0.337 e. The predicted octanol–water partition coefficient (Wildman–Crippen LogP) is 0.752. The van der Waals surface area contributed by atoms with E-state index in [1.807, 2.05) is 7.05 Å². The summed E-state index contributed by atoms with van der Waals surface area (Å²) in [5.41, 5.74) is 0. The highest BCUT2D eigenvalue weighted by atomic mass is 16.5. The van der Waals surface area contributed by atoms with Gasteiger partial charge in [-0.3, -0.25) is 0 Å². The van der Waals surface area contributed by atoms with Gasteiger partial charge < -0.3 is 19.6 Å². The molecule has 108 valence electrons. The first kappa shape index (κ1) is 14.3. The molecule has 6 heteroatoms. The van der Waals surface area contributed by atoms with E-state index in [4.69, 9.17) is 4.52 Å². The number of nitrogens with zero attached hydrogens (tertiary/aromatic N) is 4. The minimum Gasteiger partial charge on any atom is -0.337 e. The summed E-state index contributed by atoms with van der Waals surface area (Å²) in [6, 6.07) is 0.422. The van der Waals surface area contributed by atoms with E-state index in [1.165, 1.54) is 0 Å². The van der Waals surface area contributed by atoms with Crippen molar-refractivity contribution < 1.29 is 4.52 Å². The molecule has 0 bridgehead atoms. The van der Waals surface area contributed by atoms with E-state index in [9.17, 15) is 0 Å². The summed E-state index contributed by atoms with van der Waals surface area (Å²) in [4.78, 5) is 9.03. The molecule has 1 fully saturated rings. The van der Waals surface area contributed by atoms with Gasteiger partial charge in [0.15, 0.2) is 0 Å². The number of anilines is 1. The minimum absolute atomic E-state index is 0.422. The highest BCUT2D eigenvalue weighted by Crippen LogP contribution is 2.13. The number of piperazine rings is 1. The van der Waals surface area contributed by atoms with Crippen molar-refractivity contribution in [3.05, 3.63) is 5.89 Å². The molecule has 1 aromatic rings. The van der Waals surface area contributed by atoms with E-state index in [0.29, 0.717) is 6.04 Å². The quantitative estimate of drug-likeness (QED) is 0.821. The molecule has 19 heavy (non-hydrogen) atoms. The summed E-state index contributed by atoms with van der Waals surface area (Å²) >= 11 is 0. The lowest BCUT2D eigenvalue weighted by Gasteiger charge is -2.31. The Morgan fingerprint density at radius 1 is 1.32 bits per heavy atom. The summed E-state index contributed by atoms with van der Waals surface area (Å²) in [6.07, 6.45) is 3.10. The van der Waals surface area contributed by atoms with Crippen LogP contribution in [0.2, 0.25) is 0 Å². The van der Waals surface area contributed by atoms with Gasteiger partial charge in [0.1, 0.15) is 0 Å². The van der Waals surface area contributed by atoms with Crippen LogP contribution in [0.5, 0.6) is 0 Å². The van der Waals surface area contributed by atoms with Gasteiger partial charge in [0.25, 0.3) is 5.95 Å². The maximum Gasteiger partial charge on any atom is 0.266 e. The van der Waals surface area contributed by atoms with Crippen LogP contribution in [0.4, 0.5) is 5.95 Å². The maximum absolute atomic E-state index is 5.37. The minimum atomic E-state index is 0.422. The SMILES string of the molecule is CCCC(Cc1nc(N2CCN(C)CC2)no1)NC. The topological polar surface area (TPSA) is 57.4 Å². The molecule has 0 radical (unpaired) electrons. The molecule has 1 atom stereocenters. The first-order chi connectivity index (χ1) is 9.22. The Labute approximate surface area is 115 Å². The molecule has 0 amide bonds. The normalized spacial score (nSPS) is 18.8. The average Bonchev–Trinajstić information content (AvgIpc) is 2.87. The van der Waals surface area contributed by atoms with Crippen LogP contribution in [0, 0.1) is 0 Å². The van der Waals surface area contributed by atoms with Crippen LogP contribution in [0.25, 0.3) is 0 Å². The van der Waals surface area contributed by atoms with Gasteiger partial charge in [-0.15, -0.1) is 0 Å². The molecule has 1 unspecified atom stereocenters. The molecular weight excluding hydrogens is 242 g/mol. The van der Waals surface area contributed by atoms with Crippen LogP contribution < -0.4 is 10.2 Å². The third-order valence-corrected chi connectivity index (χ3v) is 3.71. The summed E-state index contributed by atoms with van der Waals surface area (Å²) in [5, 5.41) is 7.40. The highest BCUT2D eigenvalue weighted by Gasteiger charge is 2.20. The molecule has 1 saturated heterocycles. The summed E-state index contributed by atoms with van der Waals surface area (Å²) in [6.45, 7) is 6.24. The first-order valence-corrected chi connectivity index (χ1v) is 7.16. The monoisotopic (exact) mass is 267 g/mol. The number of nitrogens with one attached hydrogen (secondary N) is 1. The van der Waals surface area contributed by atoms with Gasteiger partial charge in [-0.1, -0.05) is 13.3 Å². The average molecular weight is 267 g/mol. The Bertz CT molecular complexity index is 373. The van der Waals surface area contributed by atoms with Gasteiger partial charge in [0.2, 0.25) is 5.89 Å². The van der Waals surface area contributed by atoms with Crippen molar-refractivity contribution in [3.63, 3.8) is 0 Å². The van der Waals surface area contributed by atoms with Gasteiger partial charge in [-0.2, -0.15) is 4.98 Å². The first-order valence-electron chi connectivity index (χ1n) is 7.16. The van der Waals surface area contributed by atoms with E-state index in [0.717, 1.165) is 57.3 Å². The van der Waals surface area contributed by atoms with E-state index >= 15 is 0 Å². The maximum atomic E-state index is 5.37. The Morgan fingerprint density at radius 3 is 2.68 bits per heavy atom. The van der Waals surface area contributed by atoms with Crippen LogP contribution in [-0.4, -0.2) is 61.4 Å². The van der Waals surface area contributed by atoms with Gasteiger partial charge in [-0.05, 0) is 25.7 Å². The van der Waals surface area contributed by atoms with Crippen molar-refractivity contribution in [3.8, 4) is 0 Å². The number of aromatic nitrogens is 2. The summed E-state index contributed by atoms with van der Waals surface area (Å²) in [7, 11) is 4.12. The number of hydrogen-bond acceptors (Lipinski definition) is 6. The van der Waals surface area contributed by atoms with Crippen molar-refractivity contribution >= 4 is 5.95 Å². The second kappa shape index (κ2) is 6.86. The highest BCUT2D eigenvalue weighted by molar-refractivity contribution is 5.28. The Kier molecular flexibility index (Phi) is 5.15. The second-order valence-electron chi connectivity index (χ2n) is 5.26. The summed E-state index contributed by atoms with van der Waals surface area (Å²) < 4.78 is 5.37. The van der Waals surface area contributed by atoms with Crippen LogP contribution >= 0.6 is 0 Å². The van der Waals surface area contributed by atoms with Gasteiger partial charge >= 0.3 is 0 Å². The fourth-order valence-corrected chi connectivity index (χ4v) is 2.37. The second-order valence-corrected chi connectivity index (χ2v) is 5.26. The van der Waals surface area contributed by atoms with Crippen molar-refractivity contribution in [2.45, 2.75) is 32.2 Å². The fraction of sp³-hybridized carbons (Fsp3) is 0.846. The molecule has 1 aliphatic heterocycles. The Balaban J connectivity index is 1.91. The number of hydrogen-bond donors (Lipinski definition) is 1. The van der Waals surface area contributed by atoms with Gasteiger partial charge in [-0.25, -0.2) is 0 Å². The lowest BCUT2D eigenvalue weighted by Crippen LogP contribution is -2.44. The van der Waals surface area contributed by atoms with E-state index in [1.54, 1.807) is 0 Å². The van der Waals surface area contributed by atoms with E-state index in [-0.39, 0.29) is 0 Å². The van der Waals surface area contributed by atoms with Crippen molar-refractivity contribution in [2.75, 3.05) is 45.2 Å². The molecule has 0 spiro atoms. The molecular formula is C13H25N5O. The Morgan fingerprint density at radius 2 is 2.05 bits per heavy atom. The predicted molar refractivity (Wildman–Crippen MR) is 75.5 cm³/mol. The molecule has 2 rings (SSSR count). The van der Waals surface area contributed by atoms with Gasteiger partial charge in [0.05, 0.1) is 0 Å². The summed E-state index contributed by atoms with van der Waals surface area (Å²) in [5.74, 6) is 1.48. The smallest absolute Gasteiger partial charge is 0.266 e. The van der Waals surface area contributed by atoms with Crippen LogP contribution in [-0.2, 0) is 6.42 Å². The lowest BCUT2D eigenvalue weighted by molar-refractivity contribution is 0.308. The standard InChI is InChI=1S/C13H25N5O/c1-4-5-11(14-2)10-12-15-13(16-19-12)18-8-6-17(3)7-9-18/h11,14H,4-10H2,1-3H3. The zero-order valence-corrected chi connectivity index (χ0v) is 12.2. The molecule has 0 saturated carbocycles. The molecule has 0 aliphatic carbocycles. The molecule has 0 aromatic carbocycles. The van der Waals surface area contributed by atoms with Crippen LogP contribution in [0.3, 0.4) is 0 Å². The zero-order chi connectivity index (χ0) is 13.7. The lowest BCUT2D eigenvalue weighted by atomic mass is 10.1. The van der Waals surface area contributed by atoms with Crippen LogP contribution in [0.1, 0.15) is 25.7 Å². The van der Waals surface area contributed by atoms with E-state index in [2.05, 4.69) is 39.2 Å². The fourth-order valence-electron chi connectivity index (χ4n) is 2.37. The molecule has 1 N–H and O–H groups in total. The van der Waals surface area contributed by atoms with E-state index < -0.39 is 0 Å². The molecule has 2 heterocycles. The molecule has 6 nitrogen and oxygen atoms in total. The third-order valence-electron chi connectivity index (χ3n) is 3.71. The Hall–Kier alpha value is -1.14. The zero-order valence-electron chi connectivity index (χ0n) is 12.2. The van der Waals surface area contributed by atoms with Crippen LogP contribution in [0.15, 0.2) is 4.52 Å². The van der Waals surface area contributed by atoms with Crippen molar-refractivity contribution in [2.24, 2.45) is 0 Å². The number of rotatable bonds is 6. The number of likely N-dealkylation sites (N-methyl/N-ethyl adjacent to an activating group) is 2. The molecule has 1 aromatic heterocycles.